The first-order valence-electron chi connectivity index (χ1n) is 9.36. The number of aliphatic hydroxyl groups excluding tert-OH is 1. The molecule has 0 aliphatic rings. The number of methoxy groups -OCH3 is 1. The van der Waals surface area contributed by atoms with Gasteiger partial charge in [-0.25, -0.2) is 4.79 Å². The number of rotatable bonds is 8. The van der Waals surface area contributed by atoms with Crippen LogP contribution in [0.1, 0.15) is 33.8 Å². The second-order valence-electron chi connectivity index (χ2n) is 6.96. The van der Waals surface area contributed by atoms with Gasteiger partial charge in [-0.15, -0.1) is 11.3 Å². The van der Waals surface area contributed by atoms with Crippen LogP contribution in [-0.2, 0) is 17.7 Å². The Morgan fingerprint density at radius 3 is 2.55 bits per heavy atom. The van der Waals surface area contributed by atoms with Gasteiger partial charge in [0.15, 0.2) is 5.78 Å². The highest BCUT2D eigenvalue weighted by Crippen LogP contribution is 2.30. The maximum atomic E-state index is 13.2. The zero-order valence-corrected chi connectivity index (χ0v) is 17.5. The van der Waals surface area contributed by atoms with Crippen LogP contribution in [-0.4, -0.2) is 40.3 Å². The Morgan fingerprint density at radius 1 is 1.24 bits per heavy atom. The summed E-state index contributed by atoms with van der Waals surface area (Å²) in [4.78, 5) is 39.5. The average Bonchev–Trinajstić information content (AvgIpc) is 3.03. The lowest BCUT2D eigenvalue weighted by Gasteiger charge is -2.18. The van der Waals surface area contributed by atoms with Crippen LogP contribution in [0.4, 0.5) is 0 Å². The molecule has 1 unspecified atom stereocenters. The van der Waals surface area contributed by atoms with Crippen LogP contribution in [0.5, 0.6) is 0 Å². The summed E-state index contributed by atoms with van der Waals surface area (Å²) in [5, 5.41) is 9.71. The van der Waals surface area contributed by atoms with Gasteiger partial charge in [-0.1, -0.05) is 30.3 Å². The van der Waals surface area contributed by atoms with Crippen LogP contribution in [0, 0.1) is 6.92 Å². The fourth-order valence-corrected chi connectivity index (χ4v) is 4.87. The maximum absolute atomic E-state index is 13.2. The Morgan fingerprint density at radius 2 is 1.93 bits per heavy atom. The predicted octanol–water partition coefficient (Wildman–Crippen LogP) is 2.16. The third kappa shape index (κ3) is 3.96. The van der Waals surface area contributed by atoms with E-state index in [1.807, 2.05) is 37.3 Å². The van der Waals surface area contributed by atoms with Crippen molar-refractivity contribution in [2.75, 3.05) is 20.3 Å². The normalized spacial score (nSPS) is 12.4. The molecule has 1 aromatic carbocycles. The topological polar surface area (TPSA) is 90.5 Å². The lowest BCUT2D eigenvalue weighted by atomic mass is 10.1. The average molecular weight is 416 g/mol. The summed E-state index contributed by atoms with van der Waals surface area (Å²) in [6.07, 6.45) is 0.589. The molecule has 0 saturated heterocycles. The molecule has 0 spiro atoms. The first-order chi connectivity index (χ1) is 13.9. The number of carbonyl (C=O) groups is 1. The number of ketones is 1. The molecule has 0 amide bonds. The van der Waals surface area contributed by atoms with E-state index in [2.05, 4.69) is 0 Å². The monoisotopic (exact) mass is 416 g/mol. The van der Waals surface area contributed by atoms with Crippen LogP contribution in [0.15, 0.2) is 39.9 Å². The summed E-state index contributed by atoms with van der Waals surface area (Å²) >= 11 is 1.15. The standard InChI is InChI=1S/C21H24N2O5S/c1-13(11-15-7-5-4-6-8-15)23-20-17(19(26)22(9-10-24)21(23)27)14(2)18(29-20)16(25)12-28-3/h4-8,13,24H,9-12H2,1-3H3. The van der Waals surface area contributed by atoms with Crippen LogP contribution in [0.25, 0.3) is 10.2 Å². The van der Waals surface area contributed by atoms with E-state index in [9.17, 15) is 19.5 Å². The second kappa shape index (κ2) is 8.86. The Kier molecular flexibility index (Phi) is 6.46. The van der Waals surface area contributed by atoms with Gasteiger partial charge in [0.1, 0.15) is 11.4 Å². The van der Waals surface area contributed by atoms with Gasteiger partial charge in [-0.3, -0.25) is 18.7 Å². The van der Waals surface area contributed by atoms with Crippen molar-refractivity contribution in [3.05, 3.63) is 67.2 Å². The number of hydrogen-bond donors (Lipinski definition) is 1. The molecule has 29 heavy (non-hydrogen) atoms. The zero-order valence-electron chi connectivity index (χ0n) is 16.7. The third-order valence-electron chi connectivity index (χ3n) is 4.91. The molecule has 0 bridgehead atoms. The van der Waals surface area contributed by atoms with E-state index in [1.165, 1.54) is 7.11 Å². The molecule has 3 aromatic rings. The number of benzene rings is 1. The number of thiophene rings is 1. The van der Waals surface area contributed by atoms with E-state index in [0.717, 1.165) is 21.5 Å². The van der Waals surface area contributed by atoms with E-state index >= 15 is 0 Å². The first-order valence-corrected chi connectivity index (χ1v) is 10.2. The van der Waals surface area contributed by atoms with Crippen LogP contribution in [0.2, 0.25) is 0 Å². The minimum absolute atomic E-state index is 0.0949. The Balaban J connectivity index is 2.26. The van der Waals surface area contributed by atoms with Crippen molar-refractivity contribution in [1.82, 2.24) is 9.13 Å². The molecule has 2 heterocycles. The van der Waals surface area contributed by atoms with E-state index < -0.39 is 11.2 Å². The van der Waals surface area contributed by atoms with Crippen molar-refractivity contribution in [2.24, 2.45) is 0 Å². The molecule has 2 aromatic heterocycles. The van der Waals surface area contributed by atoms with Gasteiger partial charge in [-0.05, 0) is 31.4 Å². The Bertz CT molecular complexity index is 1140. The molecule has 154 valence electrons. The van der Waals surface area contributed by atoms with E-state index in [0.29, 0.717) is 27.1 Å². The van der Waals surface area contributed by atoms with Gasteiger partial charge < -0.3 is 9.84 Å². The van der Waals surface area contributed by atoms with Crippen molar-refractivity contribution >= 4 is 27.3 Å². The van der Waals surface area contributed by atoms with Crippen LogP contribution >= 0.6 is 11.3 Å². The number of fused-ring (bicyclic) bond motifs is 1. The number of aliphatic hydroxyl groups is 1. The largest absolute Gasteiger partial charge is 0.395 e. The number of aromatic nitrogens is 2. The number of aryl methyl sites for hydroxylation is 1. The molecule has 0 aliphatic carbocycles. The minimum atomic E-state index is -0.480. The number of Topliss-reactive ketones (excluding diaryl/α,β-unsaturated/α-hetero) is 1. The molecule has 7 nitrogen and oxygen atoms in total. The molecule has 0 saturated carbocycles. The van der Waals surface area contributed by atoms with Gasteiger partial charge in [0, 0.05) is 13.2 Å². The van der Waals surface area contributed by atoms with Gasteiger partial charge in [0.25, 0.3) is 5.56 Å². The predicted molar refractivity (Wildman–Crippen MR) is 113 cm³/mol. The number of ether oxygens (including phenoxy) is 1. The van der Waals surface area contributed by atoms with Crippen molar-refractivity contribution in [1.29, 1.82) is 0 Å². The fraction of sp³-hybridized carbons (Fsp3) is 0.381. The van der Waals surface area contributed by atoms with E-state index in [4.69, 9.17) is 4.74 Å². The van der Waals surface area contributed by atoms with Gasteiger partial charge in [0.2, 0.25) is 0 Å². The number of nitrogens with zero attached hydrogens (tertiary/aromatic N) is 2. The molecule has 0 fully saturated rings. The Labute approximate surface area is 171 Å². The summed E-state index contributed by atoms with van der Waals surface area (Å²) in [6, 6.07) is 9.51. The Hall–Kier alpha value is -2.55. The zero-order chi connectivity index (χ0) is 21.1. The first kappa shape index (κ1) is 21.2. The summed E-state index contributed by atoms with van der Waals surface area (Å²) in [5.41, 5.74) is 0.646. The SMILES string of the molecule is COCC(=O)c1sc2c(c1C)c(=O)n(CCO)c(=O)n2C(C)Cc1ccccc1. The van der Waals surface area contributed by atoms with Crippen molar-refractivity contribution in [3.63, 3.8) is 0 Å². The van der Waals surface area contributed by atoms with Gasteiger partial charge in [0.05, 0.1) is 23.4 Å². The van der Waals surface area contributed by atoms with Gasteiger partial charge in [-0.2, -0.15) is 0 Å². The smallest absolute Gasteiger partial charge is 0.332 e. The highest BCUT2D eigenvalue weighted by molar-refractivity contribution is 7.20. The molecule has 1 N–H and O–H groups in total. The molecular formula is C21H24N2O5S. The summed E-state index contributed by atoms with van der Waals surface area (Å²) in [5.74, 6) is -0.228. The minimum Gasteiger partial charge on any atom is -0.395 e. The number of carbonyl (C=O) groups excluding carboxylic acids is 1. The molecule has 3 rings (SSSR count). The van der Waals surface area contributed by atoms with Crippen molar-refractivity contribution in [3.8, 4) is 0 Å². The fourth-order valence-electron chi connectivity index (χ4n) is 3.55. The number of hydrogen-bond acceptors (Lipinski definition) is 6. The third-order valence-corrected chi connectivity index (χ3v) is 6.24. The quantitative estimate of drug-likeness (QED) is 0.569. The molecule has 1 atom stereocenters. The maximum Gasteiger partial charge on any atom is 0.332 e. The van der Waals surface area contributed by atoms with Crippen LogP contribution < -0.4 is 11.2 Å². The van der Waals surface area contributed by atoms with Crippen molar-refractivity contribution in [2.45, 2.75) is 32.9 Å². The highest BCUT2D eigenvalue weighted by atomic mass is 32.1. The summed E-state index contributed by atoms with van der Waals surface area (Å²) in [6.45, 7) is 3.10. The molecular weight excluding hydrogens is 392 g/mol. The van der Waals surface area contributed by atoms with Crippen molar-refractivity contribution < 1.29 is 14.6 Å². The highest BCUT2D eigenvalue weighted by Gasteiger charge is 2.24. The lowest BCUT2D eigenvalue weighted by Crippen LogP contribution is -2.41. The molecule has 0 aliphatic heterocycles. The van der Waals surface area contributed by atoms with Crippen LogP contribution in [0.3, 0.4) is 0 Å². The van der Waals surface area contributed by atoms with Gasteiger partial charge >= 0.3 is 5.69 Å². The van der Waals surface area contributed by atoms with E-state index in [-0.39, 0.29) is 31.6 Å². The summed E-state index contributed by atoms with van der Waals surface area (Å²) in [7, 11) is 1.44. The molecule has 0 radical (unpaired) electrons. The van der Waals surface area contributed by atoms with E-state index in [1.54, 1.807) is 11.5 Å². The lowest BCUT2D eigenvalue weighted by molar-refractivity contribution is 0.0851. The molecule has 8 heteroatoms. The second-order valence-corrected chi connectivity index (χ2v) is 7.96. The summed E-state index contributed by atoms with van der Waals surface area (Å²) < 4.78 is 7.57.